The van der Waals surface area contributed by atoms with Crippen LogP contribution in [-0.4, -0.2) is 98.1 Å². The highest BCUT2D eigenvalue weighted by molar-refractivity contribution is 4.72. The Morgan fingerprint density at radius 1 is 0.271 bits per heavy atom. The molecule has 0 aromatic rings. The molecular formula is C44H92N4. The molecule has 0 saturated carbocycles. The van der Waals surface area contributed by atoms with Crippen LogP contribution in [0.2, 0.25) is 0 Å². The van der Waals surface area contributed by atoms with Crippen molar-refractivity contribution in [1.29, 1.82) is 0 Å². The van der Waals surface area contributed by atoms with Gasteiger partial charge in [-0.3, -0.25) is 0 Å². The zero-order valence-corrected chi connectivity index (χ0v) is 35.6. The van der Waals surface area contributed by atoms with Crippen LogP contribution < -0.4 is 0 Å². The molecule has 288 valence electrons. The van der Waals surface area contributed by atoms with Gasteiger partial charge in [0.15, 0.2) is 0 Å². The Labute approximate surface area is 304 Å². The zero-order chi connectivity index (χ0) is 36.1. The Kier molecular flexibility index (Phi) is 23.1. The lowest BCUT2D eigenvalue weighted by atomic mass is 9.90. The van der Waals surface area contributed by atoms with Crippen LogP contribution in [0.3, 0.4) is 0 Å². The number of hydrogen-bond donors (Lipinski definition) is 0. The van der Waals surface area contributed by atoms with Gasteiger partial charge in [-0.25, -0.2) is 0 Å². The van der Waals surface area contributed by atoms with Gasteiger partial charge >= 0.3 is 0 Å². The van der Waals surface area contributed by atoms with E-state index in [0.29, 0.717) is 21.7 Å². The van der Waals surface area contributed by atoms with Crippen LogP contribution in [0.5, 0.6) is 0 Å². The van der Waals surface area contributed by atoms with E-state index in [1.807, 2.05) is 0 Å². The highest BCUT2D eigenvalue weighted by Crippen LogP contribution is 2.23. The summed E-state index contributed by atoms with van der Waals surface area (Å²) in [6, 6.07) is 0. The van der Waals surface area contributed by atoms with Gasteiger partial charge in [-0.2, -0.15) is 0 Å². The van der Waals surface area contributed by atoms with Crippen LogP contribution in [-0.2, 0) is 0 Å². The molecule has 4 saturated heterocycles. The second kappa shape index (κ2) is 24.2. The molecule has 0 aromatic carbocycles. The normalized spacial score (nSPS) is 20.8. The Morgan fingerprint density at radius 2 is 0.479 bits per heavy atom. The van der Waals surface area contributed by atoms with E-state index in [0.717, 1.165) is 0 Å². The van der Waals surface area contributed by atoms with E-state index in [1.165, 1.54) is 181 Å². The fraction of sp³-hybridized carbons (Fsp3) is 1.00. The fourth-order valence-electron chi connectivity index (χ4n) is 7.03. The average Bonchev–Trinajstić information content (AvgIpc) is 3.70. The quantitative estimate of drug-likeness (QED) is 0.228. The predicted molar refractivity (Wildman–Crippen MR) is 217 cm³/mol. The summed E-state index contributed by atoms with van der Waals surface area (Å²) in [5.74, 6) is 0. The molecule has 0 radical (unpaired) electrons. The Bertz CT molecular complexity index is 726. The zero-order valence-electron chi connectivity index (χ0n) is 35.6. The van der Waals surface area contributed by atoms with E-state index >= 15 is 0 Å². The molecule has 0 N–H and O–H groups in total. The number of piperidine rings is 2. The summed E-state index contributed by atoms with van der Waals surface area (Å²) in [6.07, 6.45) is 22.5. The van der Waals surface area contributed by atoms with Gasteiger partial charge in [0.2, 0.25) is 0 Å². The molecule has 4 rings (SSSR count). The largest absolute Gasteiger partial charge is 0.303 e. The smallest absolute Gasteiger partial charge is 0.00138 e. The molecule has 4 nitrogen and oxygen atoms in total. The molecule has 0 bridgehead atoms. The first-order valence-corrected chi connectivity index (χ1v) is 21.2. The van der Waals surface area contributed by atoms with Crippen LogP contribution in [0.15, 0.2) is 0 Å². The summed E-state index contributed by atoms with van der Waals surface area (Å²) in [7, 11) is 0. The molecule has 0 spiro atoms. The standard InChI is InChI=1S/C12H25N.2C11H23N.C10H21N/c1-12(2,3)8-7-11-13-9-5-4-6-10-13;1-11(2,3)7-6-10-12-8-4-5-9-12;1-11(2,3)7-10-12-8-5-4-6-9-12;1-10(2,3)6-9-11-7-4-5-8-11/h4-11H2,1-3H3;2*4-10H2,1-3H3;4-9H2,1-3H3. The minimum absolute atomic E-state index is 0.511. The van der Waals surface area contributed by atoms with Crippen LogP contribution in [0.1, 0.15) is 186 Å². The van der Waals surface area contributed by atoms with E-state index in [4.69, 9.17) is 0 Å². The maximum atomic E-state index is 2.63. The molecule has 0 atom stereocenters. The third kappa shape index (κ3) is 29.6. The Hall–Kier alpha value is -0.160. The summed E-state index contributed by atoms with van der Waals surface area (Å²) in [6.45, 7) is 44.0. The van der Waals surface area contributed by atoms with Crippen molar-refractivity contribution in [3.8, 4) is 0 Å². The van der Waals surface area contributed by atoms with Crippen LogP contribution in [0.25, 0.3) is 0 Å². The lowest BCUT2D eigenvalue weighted by Crippen LogP contribution is -2.32. The lowest BCUT2D eigenvalue weighted by molar-refractivity contribution is 0.196. The van der Waals surface area contributed by atoms with Crippen LogP contribution in [0.4, 0.5) is 0 Å². The van der Waals surface area contributed by atoms with Crippen molar-refractivity contribution in [1.82, 2.24) is 19.6 Å². The maximum absolute atomic E-state index is 2.63. The van der Waals surface area contributed by atoms with Gasteiger partial charge in [0.25, 0.3) is 0 Å². The number of nitrogens with zero attached hydrogens (tertiary/aromatic N) is 4. The van der Waals surface area contributed by atoms with E-state index in [1.54, 1.807) is 0 Å². The van der Waals surface area contributed by atoms with Crippen molar-refractivity contribution in [2.45, 2.75) is 186 Å². The monoisotopic (exact) mass is 677 g/mol. The molecule has 4 heteroatoms. The third-order valence-corrected chi connectivity index (χ3v) is 10.5. The minimum atomic E-state index is 0.511. The van der Waals surface area contributed by atoms with E-state index < -0.39 is 0 Å². The molecule has 4 fully saturated rings. The first-order valence-electron chi connectivity index (χ1n) is 21.2. The summed E-state index contributed by atoms with van der Waals surface area (Å²) >= 11 is 0. The summed E-state index contributed by atoms with van der Waals surface area (Å²) in [5.41, 5.74) is 2.08. The van der Waals surface area contributed by atoms with Gasteiger partial charge in [0.05, 0.1) is 0 Å². The van der Waals surface area contributed by atoms with Crippen molar-refractivity contribution >= 4 is 0 Å². The molecule has 4 aliphatic rings. The fourth-order valence-corrected chi connectivity index (χ4v) is 7.03. The second-order valence-corrected chi connectivity index (χ2v) is 20.9. The van der Waals surface area contributed by atoms with Crippen molar-refractivity contribution in [3.05, 3.63) is 0 Å². The van der Waals surface area contributed by atoms with Crippen LogP contribution >= 0.6 is 0 Å². The molecule has 4 heterocycles. The summed E-state index contributed by atoms with van der Waals surface area (Å²) < 4.78 is 0. The Balaban J connectivity index is 0.000000320. The predicted octanol–water partition coefficient (Wildman–Crippen LogP) is 11.6. The molecule has 0 unspecified atom stereocenters. The van der Waals surface area contributed by atoms with E-state index in [-0.39, 0.29) is 0 Å². The second-order valence-electron chi connectivity index (χ2n) is 20.9. The molecule has 4 aliphatic heterocycles. The van der Waals surface area contributed by atoms with Crippen molar-refractivity contribution in [3.63, 3.8) is 0 Å². The number of likely N-dealkylation sites (tertiary alicyclic amines) is 4. The molecule has 0 aliphatic carbocycles. The van der Waals surface area contributed by atoms with Gasteiger partial charge in [-0.05, 0) is 190 Å². The third-order valence-electron chi connectivity index (χ3n) is 10.5. The number of hydrogen-bond acceptors (Lipinski definition) is 4. The van der Waals surface area contributed by atoms with Gasteiger partial charge in [0.1, 0.15) is 0 Å². The van der Waals surface area contributed by atoms with Gasteiger partial charge in [-0.15, -0.1) is 0 Å². The molecule has 48 heavy (non-hydrogen) atoms. The minimum Gasteiger partial charge on any atom is -0.303 e. The van der Waals surface area contributed by atoms with Crippen molar-refractivity contribution in [2.75, 3.05) is 78.5 Å². The van der Waals surface area contributed by atoms with Crippen molar-refractivity contribution < 1.29 is 0 Å². The van der Waals surface area contributed by atoms with Gasteiger partial charge in [0, 0.05) is 0 Å². The lowest BCUT2D eigenvalue weighted by Gasteiger charge is -2.29. The molecular weight excluding hydrogens is 585 g/mol. The molecule has 0 aromatic heterocycles. The average molecular weight is 677 g/mol. The summed E-state index contributed by atoms with van der Waals surface area (Å²) in [4.78, 5) is 10.4. The highest BCUT2D eigenvalue weighted by atomic mass is 15.1. The van der Waals surface area contributed by atoms with Crippen molar-refractivity contribution in [2.24, 2.45) is 21.7 Å². The van der Waals surface area contributed by atoms with E-state index in [2.05, 4.69) is 103 Å². The number of rotatable bonds is 10. The Morgan fingerprint density at radius 3 is 0.708 bits per heavy atom. The van der Waals surface area contributed by atoms with Crippen LogP contribution in [0, 0.1) is 21.7 Å². The topological polar surface area (TPSA) is 13.0 Å². The first kappa shape index (κ1) is 45.9. The SMILES string of the molecule is CC(C)(C)CCCN1CCCC1.CC(C)(C)CCCN1CCCCC1.CC(C)(C)CCN1CCCC1.CC(C)(C)CCN1CCCCC1. The first-order chi connectivity index (χ1) is 22.3. The molecule has 0 amide bonds. The van der Waals surface area contributed by atoms with Gasteiger partial charge in [-0.1, -0.05) is 95.9 Å². The van der Waals surface area contributed by atoms with E-state index in [9.17, 15) is 0 Å². The maximum Gasteiger partial charge on any atom is -0.00138 e. The highest BCUT2D eigenvalue weighted by Gasteiger charge is 2.17. The summed E-state index contributed by atoms with van der Waals surface area (Å²) in [5, 5.41) is 0. The van der Waals surface area contributed by atoms with Gasteiger partial charge < -0.3 is 19.6 Å².